The number of methoxy groups -OCH3 is 1. The van der Waals surface area contributed by atoms with E-state index in [1.165, 1.54) is 36.8 Å². The number of aromatic nitrogens is 2. The minimum absolute atomic E-state index is 0.0498. The molecule has 0 radical (unpaired) electrons. The standard InChI is InChI=1S/C37H44N4O3/c1-26-38-33-10-6-7-11-34(33)41(26)31-24-29-14-15-30(25-31)40(29)23-20-37(28-8-4-3-5-9-28)18-21-39(22-19-37)35(36(42)43)27-12-16-32(44-2)17-13-27/h3-13,16-17,29-31,35H,14-15,18-25H2,1-2H3,(H,42,43)/t29-,30+,31+,35?. The summed E-state index contributed by atoms with van der Waals surface area (Å²) in [5.74, 6) is 1.09. The van der Waals surface area contributed by atoms with Crippen LogP contribution in [-0.4, -0.2) is 69.3 Å². The first-order chi connectivity index (χ1) is 21.5. The molecule has 1 aromatic heterocycles. The predicted molar refractivity (Wildman–Crippen MR) is 173 cm³/mol. The van der Waals surface area contributed by atoms with E-state index in [2.05, 4.69) is 75.9 Å². The van der Waals surface area contributed by atoms with Gasteiger partial charge in [-0.05, 0) is 99.2 Å². The van der Waals surface area contributed by atoms with Gasteiger partial charge >= 0.3 is 5.97 Å². The summed E-state index contributed by atoms with van der Waals surface area (Å²) >= 11 is 0. The first-order valence-corrected chi connectivity index (χ1v) is 16.3. The van der Waals surface area contributed by atoms with Gasteiger partial charge in [0.25, 0.3) is 0 Å². The lowest BCUT2D eigenvalue weighted by atomic mass is 9.70. The average molecular weight is 593 g/mol. The highest BCUT2D eigenvalue weighted by Gasteiger charge is 2.44. The Morgan fingerprint density at radius 2 is 1.59 bits per heavy atom. The molecule has 0 amide bonds. The first-order valence-electron chi connectivity index (χ1n) is 16.3. The van der Waals surface area contributed by atoms with Crippen LogP contribution in [0.25, 0.3) is 11.0 Å². The van der Waals surface area contributed by atoms with Crippen LogP contribution in [0, 0.1) is 6.92 Å². The Morgan fingerprint density at radius 1 is 0.932 bits per heavy atom. The summed E-state index contributed by atoms with van der Waals surface area (Å²) in [6.07, 6.45) is 7.96. The molecule has 0 saturated carbocycles. The quantitative estimate of drug-likeness (QED) is 0.231. The van der Waals surface area contributed by atoms with E-state index >= 15 is 0 Å². The van der Waals surface area contributed by atoms with Crippen LogP contribution in [0.4, 0.5) is 0 Å². The number of benzene rings is 3. The summed E-state index contributed by atoms with van der Waals surface area (Å²) in [6, 6.07) is 28.2. The Kier molecular flexibility index (Phi) is 7.93. The number of carboxylic acid groups (broad SMARTS) is 1. The third-order valence-electron chi connectivity index (χ3n) is 11.0. The van der Waals surface area contributed by atoms with Gasteiger partial charge in [-0.2, -0.15) is 0 Å². The van der Waals surface area contributed by atoms with Crippen molar-refractivity contribution in [2.24, 2.45) is 0 Å². The monoisotopic (exact) mass is 592 g/mol. The largest absolute Gasteiger partial charge is 0.497 e. The lowest BCUT2D eigenvalue weighted by molar-refractivity contribution is -0.144. The van der Waals surface area contributed by atoms with Crippen molar-refractivity contribution in [3.63, 3.8) is 0 Å². The minimum Gasteiger partial charge on any atom is -0.497 e. The van der Waals surface area contributed by atoms with Crippen LogP contribution in [0.3, 0.4) is 0 Å². The van der Waals surface area contributed by atoms with Gasteiger partial charge in [-0.3, -0.25) is 14.6 Å². The Morgan fingerprint density at radius 3 is 2.25 bits per heavy atom. The number of carboxylic acids is 1. The number of aliphatic carboxylic acids is 1. The SMILES string of the molecule is COc1ccc(C(C(=O)O)N2CCC(CCN3[C@@H]4CC[C@H]3C[C@@H](n3c(C)nc5ccccc53)C4)(c3ccccc3)CC2)cc1. The third kappa shape index (κ3) is 5.30. The third-order valence-corrected chi connectivity index (χ3v) is 11.0. The van der Waals surface area contributed by atoms with Crippen LogP contribution < -0.4 is 4.74 Å². The number of para-hydroxylation sites is 2. The zero-order valence-electron chi connectivity index (χ0n) is 25.9. The van der Waals surface area contributed by atoms with Crippen molar-refractivity contribution >= 4 is 17.0 Å². The minimum atomic E-state index is -0.789. The average Bonchev–Trinajstić information content (AvgIpc) is 3.51. The Hall–Kier alpha value is -3.68. The Labute approximate surface area is 260 Å². The number of nitrogens with zero attached hydrogens (tertiary/aromatic N) is 4. The number of carbonyl (C=O) groups is 1. The van der Waals surface area contributed by atoms with Gasteiger partial charge in [0.1, 0.15) is 17.6 Å². The summed E-state index contributed by atoms with van der Waals surface area (Å²) in [5.41, 5.74) is 4.64. The number of aryl methyl sites for hydroxylation is 1. The lowest BCUT2D eigenvalue weighted by Crippen LogP contribution is -2.49. The van der Waals surface area contributed by atoms with E-state index in [9.17, 15) is 9.90 Å². The Balaban J connectivity index is 1.07. The molecular weight excluding hydrogens is 548 g/mol. The first kappa shape index (κ1) is 29.1. The van der Waals surface area contributed by atoms with Crippen molar-refractivity contribution in [3.8, 4) is 5.75 Å². The molecule has 0 aliphatic carbocycles. The van der Waals surface area contributed by atoms with Crippen molar-refractivity contribution in [1.82, 2.24) is 19.4 Å². The fourth-order valence-corrected chi connectivity index (χ4v) is 8.77. The maximum absolute atomic E-state index is 12.5. The molecule has 0 spiro atoms. The number of hydrogen-bond acceptors (Lipinski definition) is 5. The van der Waals surface area contributed by atoms with E-state index < -0.39 is 12.0 Å². The number of rotatable bonds is 9. The molecule has 1 N–H and O–H groups in total. The van der Waals surface area contributed by atoms with Gasteiger partial charge in [0.15, 0.2) is 0 Å². The van der Waals surface area contributed by atoms with Gasteiger partial charge in [-0.1, -0.05) is 54.6 Å². The van der Waals surface area contributed by atoms with Gasteiger partial charge in [0.05, 0.1) is 18.1 Å². The fourth-order valence-electron chi connectivity index (χ4n) is 8.77. The Bertz CT molecular complexity index is 1580. The molecule has 4 heterocycles. The highest BCUT2D eigenvalue weighted by Crippen LogP contribution is 2.45. The molecule has 44 heavy (non-hydrogen) atoms. The zero-order valence-corrected chi connectivity index (χ0v) is 25.9. The second-order valence-electron chi connectivity index (χ2n) is 13.2. The summed E-state index contributed by atoms with van der Waals surface area (Å²) in [7, 11) is 1.63. The number of likely N-dealkylation sites (tertiary alicyclic amines) is 1. The molecule has 3 aromatic carbocycles. The number of hydrogen-bond donors (Lipinski definition) is 1. The highest BCUT2D eigenvalue weighted by molar-refractivity contribution is 5.76. The summed E-state index contributed by atoms with van der Waals surface area (Å²) in [6.45, 7) is 4.79. The van der Waals surface area contributed by atoms with E-state index in [1.807, 2.05) is 24.3 Å². The van der Waals surface area contributed by atoms with E-state index in [0.717, 1.165) is 61.6 Å². The van der Waals surface area contributed by atoms with E-state index in [0.29, 0.717) is 18.1 Å². The number of imidazole rings is 1. The number of fused-ring (bicyclic) bond motifs is 3. The van der Waals surface area contributed by atoms with Crippen LogP contribution in [-0.2, 0) is 10.2 Å². The second kappa shape index (κ2) is 12.0. The van der Waals surface area contributed by atoms with Crippen molar-refractivity contribution in [1.29, 1.82) is 0 Å². The summed E-state index contributed by atoms with van der Waals surface area (Å²) in [5, 5.41) is 10.3. The van der Waals surface area contributed by atoms with Gasteiger partial charge < -0.3 is 14.4 Å². The van der Waals surface area contributed by atoms with Gasteiger partial charge in [0.2, 0.25) is 0 Å². The van der Waals surface area contributed by atoms with Gasteiger partial charge in [-0.15, -0.1) is 0 Å². The summed E-state index contributed by atoms with van der Waals surface area (Å²) in [4.78, 5) is 22.4. The fraction of sp³-hybridized carbons (Fsp3) is 0.459. The molecule has 3 fully saturated rings. The maximum Gasteiger partial charge on any atom is 0.325 e. The maximum atomic E-state index is 12.5. The molecule has 1 unspecified atom stereocenters. The second-order valence-corrected chi connectivity index (χ2v) is 13.2. The molecule has 4 aromatic rings. The molecule has 7 rings (SSSR count). The molecular formula is C37H44N4O3. The van der Waals surface area contributed by atoms with Gasteiger partial charge in [-0.25, -0.2) is 4.98 Å². The highest BCUT2D eigenvalue weighted by atomic mass is 16.5. The van der Waals surface area contributed by atoms with E-state index in [4.69, 9.17) is 9.72 Å². The van der Waals surface area contributed by atoms with Crippen molar-refractivity contribution < 1.29 is 14.6 Å². The van der Waals surface area contributed by atoms with Crippen molar-refractivity contribution in [2.45, 2.75) is 81.5 Å². The van der Waals surface area contributed by atoms with Crippen molar-refractivity contribution in [3.05, 3.63) is 95.8 Å². The van der Waals surface area contributed by atoms with Crippen LogP contribution in [0.1, 0.15) is 74.0 Å². The molecule has 230 valence electrons. The molecule has 3 aliphatic heterocycles. The zero-order chi connectivity index (χ0) is 30.3. The number of piperidine rings is 2. The molecule has 3 aliphatic rings. The molecule has 7 nitrogen and oxygen atoms in total. The van der Waals surface area contributed by atoms with Crippen LogP contribution >= 0.6 is 0 Å². The van der Waals surface area contributed by atoms with Gasteiger partial charge in [0, 0.05) is 31.2 Å². The predicted octanol–water partition coefficient (Wildman–Crippen LogP) is 6.77. The normalized spacial score (nSPS) is 24.4. The molecule has 7 heteroatoms. The number of ether oxygens (including phenoxy) is 1. The van der Waals surface area contributed by atoms with Crippen molar-refractivity contribution in [2.75, 3.05) is 26.7 Å². The smallest absolute Gasteiger partial charge is 0.325 e. The molecule has 3 saturated heterocycles. The molecule has 2 bridgehead atoms. The van der Waals surface area contributed by atoms with Crippen LogP contribution in [0.15, 0.2) is 78.9 Å². The van der Waals surface area contributed by atoms with E-state index in [-0.39, 0.29) is 5.41 Å². The summed E-state index contributed by atoms with van der Waals surface area (Å²) < 4.78 is 7.82. The lowest BCUT2D eigenvalue weighted by Gasteiger charge is -2.46. The molecule has 4 atom stereocenters. The van der Waals surface area contributed by atoms with E-state index in [1.54, 1.807) is 7.11 Å². The van der Waals surface area contributed by atoms with Crippen LogP contribution in [0.5, 0.6) is 5.75 Å². The topological polar surface area (TPSA) is 70.8 Å². The van der Waals surface area contributed by atoms with Crippen LogP contribution in [0.2, 0.25) is 0 Å².